The van der Waals surface area contributed by atoms with Crippen LogP contribution in [0.4, 0.5) is 14.9 Å². The molecule has 1 fully saturated rings. The van der Waals surface area contributed by atoms with E-state index in [1.165, 1.54) is 23.5 Å². The number of fused-ring (bicyclic) bond motifs is 1. The number of pyridine rings is 2. The lowest BCUT2D eigenvalue weighted by Crippen LogP contribution is -2.38. The van der Waals surface area contributed by atoms with Crippen LogP contribution in [0.1, 0.15) is 12.0 Å². The number of halogens is 1. The Kier molecular flexibility index (Phi) is 7.85. The Morgan fingerprint density at radius 2 is 2.11 bits per heavy atom. The third kappa shape index (κ3) is 6.20. The molecule has 2 amide bonds. The summed E-state index contributed by atoms with van der Waals surface area (Å²) in [5.74, 6) is -0.0871. The normalized spacial score (nSPS) is 15.1. The van der Waals surface area contributed by atoms with Crippen molar-refractivity contribution in [1.82, 2.24) is 20.6 Å². The third-order valence-corrected chi connectivity index (χ3v) is 6.91. The van der Waals surface area contributed by atoms with Crippen LogP contribution in [0.5, 0.6) is 11.5 Å². The van der Waals surface area contributed by atoms with E-state index >= 15 is 0 Å². The second-order valence-corrected chi connectivity index (χ2v) is 9.54. The average Bonchev–Trinajstić information content (AvgIpc) is 3.57. The smallest absolute Gasteiger partial charge is 0.319 e. The molecule has 37 heavy (non-hydrogen) atoms. The van der Waals surface area contributed by atoms with Crippen LogP contribution in [-0.4, -0.2) is 53.5 Å². The van der Waals surface area contributed by atoms with E-state index in [1.54, 1.807) is 24.5 Å². The molecule has 9 nitrogen and oxygen atoms in total. The molecule has 1 atom stereocenters. The summed E-state index contributed by atoms with van der Waals surface area (Å²) < 4.78 is 26.8. The van der Waals surface area contributed by atoms with Crippen LogP contribution in [0.2, 0.25) is 0 Å². The largest absolute Gasteiger partial charge is 0.453 e. The van der Waals surface area contributed by atoms with Crippen LogP contribution in [-0.2, 0) is 11.3 Å². The molecule has 11 heteroatoms. The molecule has 0 aliphatic carbocycles. The maximum absolute atomic E-state index is 14.9. The summed E-state index contributed by atoms with van der Waals surface area (Å²) >= 11 is 1.46. The number of aliphatic hydroxyl groups excluding tert-OH is 1. The number of thiophene rings is 1. The minimum Gasteiger partial charge on any atom is -0.453 e. The monoisotopic (exact) mass is 523 g/mol. The highest BCUT2D eigenvalue weighted by atomic mass is 32.1. The van der Waals surface area contributed by atoms with Crippen molar-refractivity contribution in [2.75, 3.05) is 31.7 Å². The van der Waals surface area contributed by atoms with Gasteiger partial charge in [0.2, 0.25) is 0 Å². The molecular weight excluding hydrogens is 497 g/mol. The number of benzene rings is 1. The van der Waals surface area contributed by atoms with E-state index in [9.17, 15) is 9.18 Å². The zero-order valence-corrected chi connectivity index (χ0v) is 20.7. The summed E-state index contributed by atoms with van der Waals surface area (Å²) in [5.41, 5.74) is 2.85. The van der Waals surface area contributed by atoms with Crippen molar-refractivity contribution in [3.8, 4) is 22.1 Å². The molecule has 0 saturated carbocycles. The molecule has 5 rings (SSSR count). The molecular formula is C26H26FN5O4S. The fraction of sp³-hybridized carbons (Fsp3) is 0.269. The Labute approximate surface area is 216 Å². The van der Waals surface area contributed by atoms with Gasteiger partial charge in [0, 0.05) is 49.9 Å². The highest BCUT2D eigenvalue weighted by Gasteiger charge is 2.18. The Balaban J connectivity index is 1.28. The molecule has 4 aromatic rings. The van der Waals surface area contributed by atoms with Crippen LogP contribution in [0, 0.1) is 5.82 Å². The van der Waals surface area contributed by atoms with Crippen molar-refractivity contribution in [2.24, 2.45) is 0 Å². The lowest BCUT2D eigenvalue weighted by atomic mass is 10.2. The molecule has 1 aliphatic rings. The van der Waals surface area contributed by atoms with Crippen molar-refractivity contribution in [1.29, 1.82) is 0 Å². The zero-order chi connectivity index (χ0) is 25.6. The van der Waals surface area contributed by atoms with Gasteiger partial charge in [-0.2, -0.15) is 0 Å². The first-order valence-corrected chi connectivity index (χ1v) is 12.7. The van der Waals surface area contributed by atoms with Gasteiger partial charge in [-0.15, -0.1) is 11.3 Å². The second-order valence-electron chi connectivity index (χ2n) is 8.49. The van der Waals surface area contributed by atoms with Crippen molar-refractivity contribution in [3.05, 3.63) is 66.2 Å². The number of rotatable bonds is 9. The number of nitrogens with zero attached hydrogens (tertiary/aromatic N) is 2. The predicted molar refractivity (Wildman–Crippen MR) is 139 cm³/mol. The Bertz CT molecular complexity index is 1380. The first-order chi connectivity index (χ1) is 18.1. The molecule has 0 radical (unpaired) electrons. The van der Waals surface area contributed by atoms with E-state index in [-0.39, 0.29) is 18.4 Å². The van der Waals surface area contributed by atoms with Gasteiger partial charge in [0.25, 0.3) is 0 Å². The topological polar surface area (TPSA) is 118 Å². The van der Waals surface area contributed by atoms with Gasteiger partial charge in [0.1, 0.15) is 5.75 Å². The van der Waals surface area contributed by atoms with Crippen molar-refractivity contribution in [2.45, 2.75) is 19.0 Å². The molecule has 1 saturated heterocycles. The number of urea groups is 1. The maximum atomic E-state index is 14.9. The summed E-state index contributed by atoms with van der Waals surface area (Å²) in [6.45, 7) is 2.33. The number of carbonyl (C=O) groups is 1. The van der Waals surface area contributed by atoms with Gasteiger partial charge in [0.05, 0.1) is 40.0 Å². The van der Waals surface area contributed by atoms with Gasteiger partial charge < -0.3 is 30.5 Å². The molecule has 1 aromatic carbocycles. The minimum absolute atomic E-state index is 0.0375. The number of hydrogen-bond acceptors (Lipinski definition) is 8. The molecule has 1 aliphatic heterocycles. The molecule has 0 spiro atoms. The van der Waals surface area contributed by atoms with Crippen LogP contribution in [0.3, 0.4) is 0 Å². The number of ether oxygens (including phenoxy) is 2. The SMILES string of the molecule is O=C(Nc1ccc(Oc2ccnc3cc(-c4ccc(CNCCO)cn4)sc23)c(F)c1)N[C@H]1CCOC1. The molecule has 3 aromatic heterocycles. The molecule has 4 heterocycles. The molecule has 4 N–H and O–H groups in total. The van der Waals surface area contributed by atoms with E-state index in [1.807, 2.05) is 18.2 Å². The van der Waals surface area contributed by atoms with E-state index < -0.39 is 11.8 Å². The fourth-order valence-corrected chi connectivity index (χ4v) is 4.93. The van der Waals surface area contributed by atoms with Gasteiger partial charge in [-0.05, 0) is 36.2 Å². The Hall–Kier alpha value is -3.64. The van der Waals surface area contributed by atoms with Gasteiger partial charge >= 0.3 is 6.03 Å². The summed E-state index contributed by atoms with van der Waals surface area (Å²) in [7, 11) is 0. The number of carbonyl (C=O) groups excluding carboxylic acids is 1. The van der Waals surface area contributed by atoms with Gasteiger partial charge in [-0.25, -0.2) is 9.18 Å². The maximum Gasteiger partial charge on any atom is 0.319 e. The standard InChI is InChI=1S/C26H26FN5O4S/c27-19-11-17(31-26(34)32-18-6-10-35-15-18)2-4-22(19)36-23-5-7-29-21-12-24(37-25(21)23)20-3-1-16(14-30-20)13-28-8-9-33/h1-5,7,11-12,14,18,28,33H,6,8-10,13,15H2,(H2,31,32,34)/t18-/m0/s1. The molecule has 192 valence electrons. The van der Waals surface area contributed by atoms with Crippen molar-refractivity contribution < 1.29 is 23.8 Å². The highest BCUT2D eigenvalue weighted by Crippen LogP contribution is 2.39. The van der Waals surface area contributed by atoms with Crippen molar-refractivity contribution >= 4 is 33.3 Å². The lowest BCUT2D eigenvalue weighted by molar-refractivity contribution is 0.189. The van der Waals surface area contributed by atoms with Crippen LogP contribution < -0.4 is 20.7 Å². The summed E-state index contributed by atoms with van der Waals surface area (Å²) in [4.78, 5) is 22.0. The first kappa shape index (κ1) is 25.0. The quantitative estimate of drug-likeness (QED) is 0.242. The van der Waals surface area contributed by atoms with Crippen molar-refractivity contribution in [3.63, 3.8) is 0 Å². The number of amides is 2. The van der Waals surface area contributed by atoms with Gasteiger partial charge in [0.15, 0.2) is 11.6 Å². The van der Waals surface area contributed by atoms with E-state index in [4.69, 9.17) is 14.6 Å². The highest BCUT2D eigenvalue weighted by molar-refractivity contribution is 7.22. The Morgan fingerprint density at radius 3 is 2.86 bits per heavy atom. The van der Waals surface area contributed by atoms with Crippen LogP contribution >= 0.6 is 11.3 Å². The van der Waals surface area contributed by atoms with E-state index in [0.717, 1.165) is 32.8 Å². The number of hydrogen-bond donors (Lipinski definition) is 4. The predicted octanol–water partition coefficient (Wildman–Crippen LogP) is 4.28. The number of anilines is 1. The van der Waals surface area contributed by atoms with Crippen LogP contribution in [0.15, 0.2) is 54.9 Å². The number of aromatic nitrogens is 2. The third-order valence-electron chi connectivity index (χ3n) is 5.75. The average molecular weight is 524 g/mol. The summed E-state index contributed by atoms with van der Waals surface area (Å²) in [5, 5.41) is 17.4. The van der Waals surface area contributed by atoms with Gasteiger partial charge in [-0.3, -0.25) is 9.97 Å². The minimum atomic E-state index is -0.601. The molecule has 0 unspecified atom stereocenters. The van der Waals surface area contributed by atoms with Crippen LogP contribution in [0.25, 0.3) is 20.8 Å². The van der Waals surface area contributed by atoms with Gasteiger partial charge in [-0.1, -0.05) is 6.07 Å². The second kappa shape index (κ2) is 11.6. The summed E-state index contributed by atoms with van der Waals surface area (Å²) in [6.07, 6.45) is 4.16. The number of nitrogens with one attached hydrogen (secondary N) is 3. The fourth-order valence-electron chi connectivity index (χ4n) is 3.89. The zero-order valence-electron chi connectivity index (χ0n) is 19.9. The summed E-state index contributed by atoms with van der Waals surface area (Å²) in [6, 6.07) is 11.4. The van der Waals surface area contributed by atoms with E-state index in [0.29, 0.717) is 37.7 Å². The van der Waals surface area contributed by atoms with E-state index in [2.05, 4.69) is 25.9 Å². The number of aliphatic hydroxyl groups is 1. The Morgan fingerprint density at radius 1 is 1.19 bits per heavy atom. The molecule has 0 bridgehead atoms. The lowest BCUT2D eigenvalue weighted by Gasteiger charge is -2.13. The first-order valence-electron chi connectivity index (χ1n) is 11.9.